The number of halogens is 3. The van der Waals surface area contributed by atoms with Crippen molar-refractivity contribution in [2.75, 3.05) is 20.3 Å². The van der Waals surface area contributed by atoms with Gasteiger partial charge in [0.15, 0.2) is 5.90 Å². The van der Waals surface area contributed by atoms with Crippen molar-refractivity contribution in [1.29, 1.82) is 0 Å². The Hall–Kier alpha value is -3.36. The number of nitrogens with zero attached hydrogens (tertiary/aromatic N) is 3. The van der Waals surface area contributed by atoms with E-state index in [2.05, 4.69) is 16.6 Å². The van der Waals surface area contributed by atoms with Crippen LogP contribution in [0.15, 0.2) is 54.2 Å². The second kappa shape index (κ2) is 10.8. The molecule has 0 aliphatic carbocycles. The Kier molecular flexibility index (Phi) is 8.40. The highest BCUT2D eigenvalue weighted by Crippen LogP contribution is 2.29. The summed E-state index contributed by atoms with van der Waals surface area (Å²) in [6.45, 7) is 9.69. The number of aromatic nitrogens is 1. The van der Waals surface area contributed by atoms with Gasteiger partial charge in [0, 0.05) is 36.9 Å². The smallest absolute Gasteiger partial charge is 0.417 e. The first kappa shape index (κ1) is 24.9. The molecule has 1 aromatic carbocycles. The van der Waals surface area contributed by atoms with Crippen molar-refractivity contribution in [3.63, 3.8) is 0 Å². The van der Waals surface area contributed by atoms with Crippen LogP contribution in [0.2, 0.25) is 0 Å². The molecule has 0 bridgehead atoms. The van der Waals surface area contributed by atoms with Crippen LogP contribution in [0.4, 0.5) is 13.2 Å². The van der Waals surface area contributed by atoms with Crippen LogP contribution in [0.25, 0.3) is 5.70 Å². The van der Waals surface area contributed by atoms with E-state index in [4.69, 9.17) is 9.47 Å². The number of ether oxygens (including phenoxy) is 2. The third-order valence-electron chi connectivity index (χ3n) is 4.73. The largest absolute Gasteiger partial charge is 0.484 e. The number of rotatable bonds is 8. The summed E-state index contributed by atoms with van der Waals surface area (Å²) in [4.78, 5) is 22.8. The summed E-state index contributed by atoms with van der Waals surface area (Å²) in [7, 11) is 1.50. The van der Waals surface area contributed by atoms with E-state index in [0.717, 1.165) is 12.1 Å². The van der Waals surface area contributed by atoms with Crippen molar-refractivity contribution in [1.82, 2.24) is 9.88 Å². The summed E-state index contributed by atoms with van der Waals surface area (Å²) >= 11 is 0. The molecular formula is C23H26F3N3O3. The SMILES string of the molecule is C=C(N=C(C)OC)c1ccccc1C(=O)N(CC)[C@@H](C)COc1ccc(C(F)(F)F)cn1. The molecule has 1 aromatic heterocycles. The summed E-state index contributed by atoms with van der Waals surface area (Å²) in [6, 6.07) is 8.66. The highest BCUT2D eigenvalue weighted by molar-refractivity contribution is 5.99. The van der Waals surface area contributed by atoms with Crippen molar-refractivity contribution < 1.29 is 27.4 Å². The molecule has 172 valence electrons. The highest BCUT2D eigenvalue weighted by Gasteiger charge is 2.31. The number of pyridine rings is 1. The number of carbonyl (C=O) groups excluding carboxylic acids is 1. The first-order chi connectivity index (χ1) is 15.1. The Morgan fingerprint density at radius 3 is 2.41 bits per heavy atom. The number of amides is 1. The minimum absolute atomic E-state index is 0.0477. The van der Waals surface area contributed by atoms with Crippen molar-refractivity contribution in [3.05, 3.63) is 65.9 Å². The number of likely N-dealkylation sites (N-methyl/N-ethyl adjacent to an activating group) is 1. The van der Waals surface area contributed by atoms with E-state index < -0.39 is 11.7 Å². The summed E-state index contributed by atoms with van der Waals surface area (Å²) < 4.78 is 48.6. The molecule has 0 radical (unpaired) electrons. The Morgan fingerprint density at radius 2 is 1.88 bits per heavy atom. The minimum atomic E-state index is -4.46. The lowest BCUT2D eigenvalue weighted by Gasteiger charge is -2.28. The topological polar surface area (TPSA) is 64.0 Å². The molecule has 9 heteroatoms. The average molecular weight is 449 g/mol. The summed E-state index contributed by atoms with van der Waals surface area (Å²) in [5.74, 6) is 0.216. The molecular weight excluding hydrogens is 423 g/mol. The monoisotopic (exact) mass is 449 g/mol. The van der Waals surface area contributed by atoms with Gasteiger partial charge in [0.25, 0.3) is 5.91 Å². The normalized spacial score (nSPS) is 12.8. The second-order valence-electron chi connectivity index (χ2n) is 6.96. The fourth-order valence-corrected chi connectivity index (χ4v) is 2.96. The Morgan fingerprint density at radius 1 is 1.22 bits per heavy atom. The van der Waals surface area contributed by atoms with E-state index in [1.165, 1.54) is 7.11 Å². The van der Waals surface area contributed by atoms with E-state index in [9.17, 15) is 18.0 Å². The maximum absolute atomic E-state index is 13.3. The Labute approximate surface area is 185 Å². The zero-order chi connectivity index (χ0) is 23.9. The minimum Gasteiger partial charge on any atom is -0.484 e. The van der Waals surface area contributed by atoms with Crippen LogP contribution in [0.3, 0.4) is 0 Å². The predicted molar refractivity (Wildman–Crippen MR) is 117 cm³/mol. The van der Waals surface area contributed by atoms with Crippen LogP contribution >= 0.6 is 0 Å². The number of alkyl halides is 3. The number of hydrogen-bond donors (Lipinski definition) is 0. The van der Waals surface area contributed by atoms with Crippen LogP contribution in [0.5, 0.6) is 5.88 Å². The number of methoxy groups -OCH3 is 1. The van der Waals surface area contributed by atoms with E-state index in [-0.39, 0.29) is 24.4 Å². The summed E-state index contributed by atoms with van der Waals surface area (Å²) in [6.07, 6.45) is -3.75. The third kappa shape index (κ3) is 6.32. The van der Waals surface area contributed by atoms with Crippen molar-refractivity contribution >= 4 is 17.5 Å². The fourth-order valence-electron chi connectivity index (χ4n) is 2.96. The number of carbonyl (C=O) groups is 1. The average Bonchev–Trinajstić information content (AvgIpc) is 2.77. The number of hydrogen-bond acceptors (Lipinski definition) is 5. The lowest BCUT2D eigenvalue weighted by Crippen LogP contribution is -2.42. The van der Waals surface area contributed by atoms with Crippen molar-refractivity contribution in [2.45, 2.75) is 33.0 Å². The number of benzene rings is 1. The molecule has 0 unspecified atom stereocenters. The zero-order valence-corrected chi connectivity index (χ0v) is 18.4. The van der Waals surface area contributed by atoms with Crippen LogP contribution in [-0.2, 0) is 10.9 Å². The maximum atomic E-state index is 13.3. The molecule has 6 nitrogen and oxygen atoms in total. The van der Waals surface area contributed by atoms with E-state index in [1.54, 1.807) is 43.0 Å². The van der Waals surface area contributed by atoms with E-state index in [0.29, 0.717) is 35.5 Å². The molecule has 0 saturated carbocycles. The molecule has 1 atom stereocenters. The molecule has 0 N–H and O–H groups in total. The van der Waals surface area contributed by atoms with Gasteiger partial charge < -0.3 is 14.4 Å². The van der Waals surface area contributed by atoms with Gasteiger partial charge in [0.05, 0.1) is 24.4 Å². The predicted octanol–water partition coefficient (Wildman–Crippen LogP) is 5.07. The molecule has 0 aliphatic rings. The van der Waals surface area contributed by atoms with Gasteiger partial charge >= 0.3 is 6.18 Å². The molecule has 0 fully saturated rings. The summed E-state index contributed by atoms with van der Waals surface area (Å²) in [5, 5.41) is 0. The molecule has 1 amide bonds. The van der Waals surface area contributed by atoms with Gasteiger partial charge in [0.2, 0.25) is 5.88 Å². The molecule has 32 heavy (non-hydrogen) atoms. The van der Waals surface area contributed by atoms with Gasteiger partial charge in [-0.05, 0) is 26.0 Å². The lowest BCUT2D eigenvalue weighted by atomic mass is 10.0. The van der Waals surface area contributed by atoms with E-state index >= 15 is 0 Å². The lowest BCUT2D eigenvalue weighted by molar-refractivity contribution is -0.137. The molecule has 0 aliphatic heterocycles. The van der Waals surface area contributed by atoms with Gasteiger partial charge in [-0.3, -0.25) is 4.79 Å². The van der Waals surface area contributed by atoms with Crippen LogP contribution in [0.1, 0.15) is 42.3 Å². The zero-order valence-electron chi connectivity index (χ0n) is 18.4. The second-order valence-corrected chi connectivity index (χ2v) is 6.96. The Balaban J connectivity index is 2.15. The van der Waals surface area contributed by atoms with Crippen LogP contribution < -0.4 is 4.74 Å². The van der Waals surface area contributed by atoms with Gasteiger partial charge in [-0.2, -0.15) is 13.2 Å². The maximum Gasteiger partial charge on any atom is 0.417 e. The van der Waals surface area contributed by atoms with Crippen LogP contribution in [0, 0.1) is 0 Å². The van der Waals surface area contributed by atoms with Crippen LogP contribution in [-0.4, -0.2) is 48.0 Å². The van der Waals surface area contributed by atoms with Gasteiger partial charge in [-0.25, -0.2) is 9.98 Å². The fraction of sp³-hybridized carbons (Fsp3) is 0.348. The third-order valence-corrected chi connectivity index (χ3v) is 4.73. The highest BCUT2D eigenvalue weighted by atomic mass is 19.4. The summed E-state index contributed by atoms with van der Waals surface area (Å²) in [5.41, 5.74) is 0.532. The van der Waals surface area contributed by atoms with Crippen molar-refractivity contribution in [2.24, 2.45) is 4.99 Å². The van der Waals surface area contributed by atoms with Crippen molar-refractivity contribution in [3.8, 4) is 5.88 Å². The standard InChI is InChI=1S/C23H26F3N3O3/c1-6-29(15(2)14-32-21-12-11-18(13-27-21)23(24,25)26)22(30)20-10-8-7-9-19(20)16(3)28-17(4)31-5/h7-13,15H,3,6,14H2,1-2,4-5H3/t15-/m0/s1. The van der Waals surface area contributed by atoms with E-state index in [1.807, 2.05) is 6.92 Å². The van der Waals surface area contributed by atoms with Gasteiger partial charge in [-0.1, -0.05) is 24.8 Å². The van der Waals surface area contributed by atoms with Gasteiger partial charge in [-0.15, -0.1) is 0 Å². The Bertz CT molecular complexity index is 972. The molecule has 1 heterocycles. The number of aliphatic imine (C=N–C) groups is 1. The molecule has 2 rings (SSSR count). The molecule has 0 saturated heterocycles. The quantitative estimate of drug-likeness (QED) is 0.417. The first-order valence-electron chi connectivity index (χ1n) is 9.93. The van der Waals surface area contributed by atoms with Gasteiger partial charge in [0.1, 0.15) is 6.61 Å². The molecule has 2 aromatic rings. The first-order valence-corrected chi connectivity index (χ1v) is 9.93. The molecule has 0 spiro atoms.